The summed E-state index contributed by atoms with van der Waals surface area (Å²) in [5.41, 5.74) is 5.78. The van der Waals surface area contributed by atoms with Crippen molar-refractivity contribution in [2.45, 2.75) is 51.4 Å². The van der Waals surface area contributed by atoms with E-state index >= 15 is 0 Å². The summed E-state index contributed by atoms with van der Waals surface area (Å²) >= 11 is 0. The Hall–Kier alpha value is -4.05. The van der Waals surface area contributed by atoms with Gasteiger partial charge < -0.3 is 4.90 Å². The highest BCUT2D eigenvalue weighted by Crippen LogP contribution is 2.53. The second-order valence-electron chi connectivity index (χ2n) is 11.8. The lowest BCUT2D eigenvalue weighted by atomic mass is 9.71. The molecule has 6 rings (SSSR count). The molecule has 2 aliphatic heterocycles. The van der Waals surface area contributed by atoms with Crippen molar-refractivity contribution in [3.8, 4) is 0 Å². The fourth-order valence-electron chi connectivity index (χ4n) is 7.49. The van der Waals surface area contributed by atoms with Gasteiger partial charge in [-0.05, 0) is 66.9 Å². The summed E-state index contributed by atoms with van der Waals surface area (Å²) < 4.78 is 2.25. The first kappa shape index (κ1) is 25.2. The monoisotopic (exact) mass is 515 g/mol. The predicted molar refractivity (Wildman–Crippen MR) is 161 cm³/mol. The highest BCUT2D eigenvalue weighted by Gasteiger charge is 2.51. The summed E-state index contributed by atoms with van der Waals surface area (Å²) in [6.45, 7) is 7.77. The fraction of sp³-hybridized carbons (Fsp3) is 0.286. The van der Waals surface area contributed by atoms with Crippen LogP contribution in [0.2, 0.25) is 0 Å². The van der Waals surface area contributed by atoms with E-state index in [1.165, 1.54) is 32.7 Å². The van der Waals surface area contributed by atoms with E-state index in [-0.39, 0.29) is 11.6 Å². The Bertz CT molecular complexity index is 1780. The molecule has 0 aliphatic carbocycles. The van der Waals surface area contributed by atoms with Crippen LogP contribution in [0.15, 0.2) is 84.6 Å². The molecule has 2 aliphatic rings. The van der Waals surface area contributed by atoms with Gasteiger partial charge in [-0.1, -0.05) is 54.6 Å². The van der Waals surface area contributed by atoms with E-state index in [0.717, 1.165) is 22.8 Å². The fourth-order valence-corrected chi connectivity index (χ4v) is 7.49. The molecule has 2 atom stereocenters. The Balaban J connectivity index is 1.63. The molecule has 0 saturated heterocycles. The summed E-state index contributed by atoms with van der Waals surface area (Å²) in [5, 5.41) is 4.71. The third kappa shape index (κ3) is 3.61. The van der Waals surface area contributed by atoms with Crippen LogP contribution in [0.25, 0.3) is 21.5 Å². The van der Waals surface area contributed by atoms with Gasteiger partial charge >= 0.3 is 0 Å². The molecule has 2 heterocycles. The number of Topliss-reactive ketones (excluding diaryl/α,β-unsaturated/α-hetero) is 2. The molecule has 0 N–H and O–H groups in total. The molecule has 4 aromatic rings. The smallest absolute Gasteiger partial charge is 0.210 e. The summed E-state index contributed by atoms with van der Waals surface area (Å²) in [5.74, 6) is 0.311. The predicted octanol–water partition coefficient (Wildman–Crippen LogP) is 7.23. The molecule has 4 nitrogen and oxygen atoms in total. The molecule has 0 spiro atoms. The van der Waals surface area contributed by atoms with Crippen LogP contribution in [0.3, 0.4) is 0 Å². The Labute approximate surface area is 230 Å². The minimum absolute atomic E-state index is 0.156. The topological polar surface area (TPSA) is 40.4 Å². The van der Waals surface area contributed by atoms with E-state index in [4.69, 9.17) is 0 Å². The Kier molecular flexibility index (Phi) is 5.65. The molecule has 0 bridgehead atoms. The Morgan fingerprint density at radius 2 is 1.31 bits per heavy atom. The summed E-state index contributed by atoms with van der Waals surface area (Å²) in [6.07, 6.45) is 3.08. The summed E-state index contributed by atoms with van der Waals surface area (Å²) in [6, 6.07) is 25.6. The molecule has 4 aromatic carbocycles. The van der Waals surface area contributed by atoms with Gasteiger partial charge in [-0.3, -0.25) is 9.59 Å². The number of hydrogen-bond donors (Lipinski definition) is 0. The van der Waals surface area contributed by atoms with Gasteiger partial charge in [0.1, 0.15) is 18.6 Å². The Morgan fingerprint density at radius 3 is 1.92 bits per heavy atom. The van der Waals surface area contributed by atoms with Gasteiger partial charge in [0, 0.05) is 54.4 Å². The minimum Gasteiger partial charge on any atom is -0.347 e. The number of rotatable bonds is 5. The largest absolute Gasteiger partial charge is 0.347 e. The second kappa shape index (κ2) is 8.74. The van der Waals surface area contributed by atoms with Crippen LogP contribution in [-0.4, -0.2) is 35.9 Å². The lowest BCUT2D eigenvalue weighted by Crippen LogP contribution is -2.36. The first-order valence-electron chi connectivity index (χ1n) is 13.7. The van der Waals surface area contributed by atoms with Gasteiger partial charge in [0.05, 0.1) is 5.41 Å². The van der Waals surface area contributed by atoms with Crippen LogP contribution in [0.5, 0.6) is 0 Å². The quantitative estimate of drug-likeness (QED) is 0.263. The highest BCUT2D eigenvalue weighted by atomic mass is 16.1. The standard InChI is InChI=1S/C35H35N2O2/c1-22(38)20-34(3)30(36(5)28-17-15-24-11-7-9-13-26(24)32(28)34)19-31-35(4,21-23(2)39)33-27-14-10-8-12-25(27)16-18-29(33)37(31)6/h7-19H,20-21H2,1-6H3/q+1. The van der Waals surface area contributed by atoms with Gasteiger partial charge in [0.15, 0.2) is 5.71 Å². The zero-order chi connectivity index (χ0) is 27.7. The van der Waals surface area contributed by atoms with Crippen LogP contribution >= 0.6 is 0 Å². The van der Waals surface area contributed by atoms with Crippen molar-refractivity contribution >= 4 is 50.2 Å². The van der Waals surface area contributed by atoms with Crippen molar-refractivity contribution < 1.29 is 14.2 Å². The number of nitrogens with zero attached hydrogens (tertiary/aromatic N) is 2. The van der Waals surface area contributed by atoms with Crippen molar-refractivity contribution in [1.82, 2.24) is 0 Å². The Morgan fingerprint density at radius 1 is 0.769 bits per heavy atom. The molecule has 0 radical (unpaired) electrons. The summed E-state index contributed by atoms with van der Waals surface area (Å²) in [7, 11) is 4.20. The van der Waals surface area contributed by atoms with E-state index in [2.05, 4.69) is 116 Å². The molecule has 0 fully saturated rings. The second-order valence-corrected chi connectivity index (χ2v) is 11.8. The molecular weight excluding hydrogens is 480 g/mol. The third-order valence-electron chi connectivity index (χ3n) is 8.97. The molecule has 4 heteroatoms. The van der Waals surface area contributed by atoms with Crippen molar-refractivity contribution in [3.63, 3.8) is 0 Å². The molecular formula is C35H35N2O2+. The number of hydrogen-bond acceptors (Lipinski definition) is 3. The average molecular weight is 516 g/mol. The number of ketones is 2. The molecule has 0 saturated carbocycles. The van der Waals surface area contributed by atoms with Crippen LogP contribution in [0.1, 0.15) is 51.7 Å². The minimum atomic E-state index is -0.515. The normalized spacial score (nSPS) is 23.1. The number of likely N-dealkylation sites (N-methyl/N-ethyl adjacent to an activating group) is 1. The number of carbonyl (C=O) groups is 2. The van der Waals surface area contributed by atoms with Gasteiger partial charge in [0.2, 0.25) is 5.69 Å². The van der Waals surface area contributed by atoms with Crippen LogP contribution in [-0.2, 0) is 20.4 Å². The molecule has 2 unspecified atom stereocenters. The lowest BCUT2D eigenvalue weighted by molar-refractivity contribution is -0.401. The average Bonchev–Trinajstić information content (AvgIpc) is 3.23. The molecule has 0 amide bonds. The molecule has 0 aromatic heterocycles. The number of carbonyl (C=O) groups excluding carboxylic acids is 2. The van der Waals surface area contributed by atoms with Crippen molar-refractivity contribution in [2.24, 2.45) is 0 Å². The lowest BCUT2D eigenvalue weighted by Gasteiger charge is -2.29. The zero-order valence-corrected chi connectivity index (χ0v) is 23.6. The van der Waals surface area contributed by atoms with Crippen LogP contribution < -0.4 is 4.90 Å². The van der Waals surface area contributed by atoms with E-state index < -0.39 is 10.8 Å². The van der Waals surface area contributed by atoms with E-state index in [1.54, 1.807) is 13.8 Å². The number of benzene rings is 4. The van der Waals surface area contributed by atoms with Crippen LogP contribution in [0, 0.1) is 0 Å². The first-order chi connectivity index (χ1) is 18.6. The maximum atomic E-state index is 12.8. The van der Waals surface area contributed by atoms with Crippen molar-refractivity contribution in [1.29, 1.82) is 0 Å². The van der Waals surface area contributed by atoms with E-state index in [0.29, 0.717) is 12.8 Å². The first-order valence-corrected chi connectivity index (χ1v) is 13.7. The SMILES string of the molecule is CC(=O)CC1(C)C(=CC2=[N+](C)c3ccc4ccccc4c3C2(C)CC(C)=O)N(C)c2ccc3ccccc3c21. The molecule has 196 valence electrons. The van der Waals surface area contributed by atoms with Crippen LogP contribution in [0.4, 0.5) is 11.4 Å². The van der Waals surface area contributed by atoms with E-state index in [1.807, 2.05) is 0 Å². The maximum Gasteiger partial charge on any atom is 0.210 e. The third-order valence-corrected chi connectivity index (χ3v) is 8.97. The van der Waals surface area contributed by atoms with Crippen molar-refractivity contribution in [3.05, 3.63) is 95.7 Å². The number of allylic oxidation sites excluding steroid dienone is 2. The summed E-state index contributed by atoms with van der Waals surface area (Å²) in [4.78, 5) is 27.8. The number of anilines is 1. The van der Waals surface area contributed by atoms with Gasteiger partial charge in [-0.25, -0.2) is 0 Å². The maximum absolute atomic E-state index is 12.8. The van der Waals surface area contributed by atoms with Gasteiger partial charge in [0.25, 0.3) is 0 Å². The number of fused-ring (bicyclic) bond motifs is 6. The van der Waals surface area contributed by atoms with E-state index in [9.17, 15) is 9.59 Å². The van der Waals surface area contributed by atoms with Gasteiger partial charge in [-0.2, -0.15) is 4.58 Å². The van der Waals surface area contributed by atoms with Gasteiger partial charge in [-0.15, -0.1) is 0 Å². The van der Waals surface area contributed by atoms with Crippen molar-refractivity contribution in [2.75, 3.05) is 19.0 Å². The highest BCUT2D eigenvalue weighted by molar-refractivity contribution is 6.11. The molecule has 39 heavy (non-hydrogen) atoms. The zero-order valence-electron chi connectivity index (χ0n) is 23.6.